The van der Waals surface area contributed by atoms with Crippen LogP contribution in [0.4, 0.5) is 0 Å². The standard InChI is InChI=1S/C17H24BBrO5/c1-6-22-15(21)10-12(11-7-8-14(20)13(19)9-11)18-23-16(2,3)17(4,5)24-18/h7-9,12,20H,6,10H2,1-5H3. The van der Waals surface area contributed by atoms with E-state index in [-0.39, 0.29) is 24.0 Å². The zero-order valence-electron chi connectivity index (χ0n) is 14.8. The molecule has 5 nitrogen and oxygen atoms in total. The van der Waals surface area contributed by atoms with Crippen molar-refractivity contribution in [2.75, 3.05) is 6.61 Å². The molecule has 1 fully saturated rings. The molecule has 1 aliphatic rings. The van der Waals surface area contributed by atoms with Crippen LogP contribution in [0.15, 0.2) is 22.7 Å². The third-order valence-corrected chi connectivity index (χ3v) is 5.33. The van der Waals surface area contributed by atoms with Gasteiger partial charge in [-0.2, -0.15) is 0 Å². The van der Waals surface area contributed by atoms with Crippen LogP contribution in [0.25, 0.3) is 0 Å². The maximum atomic E-state index is 12.1. The van der Waals surface area contributed by atoms with E-state index in [1.807, 2.05) is 27.7 Å². The van der Waals surface area contributed by atoms with E-state index in [1.54, 1.807) is 25.1 Å². The van der Waals surface area contributed by atoms with Crippen molar-refractivity contribution >= 4 is 29.0 Å². The first-order valence-electron chi connectivity index (χ1n) is 8.07. The van der Waals surface area contributed by atoms with Gasteiger partial charge in [0, 0.05) is 5.82 Å². The highest BCUT2D eigenvalue weighted by molar-refractivity contribution is 9.10. The Bertz CT molecular complexity index is 601. The molecule has 24 heavy (non-hydrogen) atoms. The lowest BCUT2D eigenvalue weighted by Gasteiger charge is -2.32. The molecule has 1 saturated heterocycles. The first kappa shape index (κ1) is 19.3. The average Bonchev–Trinajstić information content (AvgIpc) is 2.68. The quantitative estimate of drug-likeness (QED) is 0.603. The van der Waals surface area contributed by atoms with E-state index in [9.17, 15) is 9.90 Å². The summed E-state index contributed by atoms with van der Waals surface area (Å²) >= 11 is 3.32. The van der Waals surface area contributed by atoms with Gasteiger partial charge in [-0.3, -0.25) is 4.79 Å². The Labute approximate surface area is 151 Å². The molecule has 0 aliphatic carbocycles. The van der Waals surface area contributed by atoms with Crippen molar-refractivity contribution in [1.82, 2.24) is 0 Å². The third-order valence-electron chi connectivity index (χ3n) is 4.69. The third kappa shape index (κ3) is 3.95. The van der Waals surface area contributed by atoms with Gasteiger partial charge in [-0.05, 0) is 68.2 Å². The van der Waals surface area contributed by atoms with Gasteiger partial charge in [-0.1, -0.05) is 6.07 Å². The fourth-order valence-electron chi connectivity index (χ4n) is 2.58. The summed E-state index contributed by atoms with van der Waals surface area (Å²) in [5.41, 5.74) is -0.136. The maximum Gasteiger partial charge on any atom is 0.466 e. The number of carbonyl (C=O) groups is 1. The van der Waals surface area contributed by atoms with E-state index in [0.29, 0.717) is 11.1 Å². The van der Waals surface area contributed by atoms with Crippen molar-refractivity contribution in [3.63, 3.8) is 0 Å². The van der Waals surface area contributed by atoms with Crippen LogP contribution < -0.4 is 0 Å². The Morgan fingerprint density at radius 1 is 1.29 bits per heavy atom. The number of ether oxygens (including phenoxy) is 1. The molecule has 1 atom stereocenters. The molecule has 132 valence electrons. The van der Waals surface area contributed by atoms with Crippen LogP contribution >= 0.6 is 15.9 Å². The number of hydrogen-bond acceptors (Lipinski definition) is 5. The average molecular weight is 399 g/mol. The highest BCUT2D eigenvalue weighted by Gasteiger charge is 2.54. The molecule has 0 bridgehead atoms. The fourth-order valence-corrected chi connectivity index (χ4v) is 2.97. The van der Waals surface area contributed by atoms with Crippen molar-refractivity contribution in [2.45, 2.75) is 58.1 Å². The minimum atomic E-state index is -0.573. The number of carbonyl (C=O) groups excluding carboxylic acids is 1. The van der Waals surface area contributed by atoms with Gasteiger partial charge in [0.05, 0.1) is 28.7 Å². The van der Waals surface area contributed by atoms with Crippen LogP contribution in [0.5, 0.6) is 5.75 Å². The van der Waals surface area contributed by atoms with Gasteiger partial charge in [0.2, 0.25) is 0 Å². The van der Waals surface area contributed by atoms with Gasteiger partial charge in [0.15, 0.2) is 0 Å². The van der Waals surface area contributed by atoms with E-state index in [2.05, 4.69) is 15.9 Å². The van der Waals surface area contributed by atoms with Crippen molar-refractivity contribution in [1.29, 1.82) is 0 Å². The number of benzene rings is 1. The first-order valence-corrected chi connectivity index (χ1v) is 8.86. The molecular weight excluding hydrogens is 375 g/mol. The number of halogens is 1. The summed E-state index contributed by atoms with van der Waals surface area (Å²) in [5, 5.41) is 9.72. The van der Waals surface area contributed by atoms with Gasteiger partial charge in [0.1, 0.15) is 5.75 Å². The largest absolute Gasteiger partial charge is 0.507 e. The summed E-state index contributed by atoms with van der Waals surface area (Å²) < 4.78 is 17.9. The van der Waals surface area contributed by atoms with Gasteiger partial charge < -0.3 is 19.2 Å². The molecule has 7 heteroatoms. The monoisotopic (exact) mass is 398 g/mol. The first-order chi connectivity index (χ1) is 11.1. The highest BCUT2D eigenvalue weighted by Crippen LogP contribution is 2.42. The molecule has 0 amide bonds. The summed E-state index contributed by atoms with van der Waals surface area (Å²) in [6.45, 7) is 10.00. The Hall–Kier alpha value is -1.05. The number of esters is 1. The molecular formula is C17H24BBrO5. The second kappa shape index (κ2) is 7.06. The van der Waals surface area contributed by atoms with E-state index in [4.69, 9.17) is 14.0 Å². The molecule has 1 heterocycles. The van der Waals surface area contributed by atoms with Crippen molar-refractivity contribution < 1.29 is 23.9 Å². The van der Waals surface area contributed by atoms with Crippen LogP contribution in [-0.4, -0.2) is 36.0 Å². The molecule has 1 aliphatic heterocycles. The highest BCUT2D eigenvalue weighted by atomic mass is 79.9. The normalized spacial score (nSPS) is 20.0. The Kier molecular flexibility index (Phi) is 5.67. The maximum absolute atomic E-state index is 12.1. The Morgan fingerprint density at radius 3 is 2.38 bits per heavy atom. The second-order valence-electron chi connectivity index (χ2n) is 6.95. The minimum Gasteiger partial charge on any atom is -0.507 e. The molecule has 0 saturated carbocycles. The lowest BCUT2D eigenvalue weighted by molar-refractivity contribution is -0.143. The van der Waals surface area contributed by atoms with Crippen molar-refractivity contribution in [2.24, 2.45) is 0 Å². The van der Waals surface area contributed by atoms with Crippen LogP contribution in [0.2, 0.25) is 0 Å². The predicted octanol–water partition coefficient (Wildman–Crippen LogP) is 3.82. The fraction of sp³-hybridized carbons (Fsp3) is 0.588. The summed E-state index contributed by atoms with van der Waals surface area (Å²) in [4.78, 5) is 12.1. The number of aromatic hydroxyl groups is 1. The lowest BCUT2D eigenvalue weighted by atomic mass is 9.66. The summed E-state index contributed by atoms with van der Waals surface area (Å²) in [5.74, 6) is -0.494. The summed E-state index contributed by atoms with van der Waals surface area (Å²) in [7, 11) is -0.573. The smallest absolute Gasteiger partial charge is 0.466 e. The van der Waals surface area contributed by atoms with Crippen molar-refractivity contribution in [3.05, 3.63) is 28.2 Å². The van der Waals surface area contributed by atoms with Gasteiger partial charge in [0.25, 0.3) is 0 Å². The van der Waals surface area contributed by atoms with Crippen LogP contribution in [0, 0.1) is 0 Å². The zero-order chi connectivity index (χ0) is 18.1. The lowest BCUT2D eigenvalue weighted by Crippen LogP contribution is -2.41. The van der Waals surface area contributed by atoms with E-state index in [0.717, 1.165) is 5.56 Å². The second-order valence-corrected chi connectivity index (χ2v) is 7.81. The topological polar surface area (TPSA) is 65.0 Å². The molecule has 1 unspecified atom stereocenters. The van der Waals surface area contributed by atoms with E-state index in [1.165, 1.54) is 0 Å². The number of phenolic OH excluding ortho intramolecular Hbond substituents is 1. The summed E-state index contributed by atoms with van der Waals surface area (Å²) in [6, 6.07) is 5.14. The summed E-state index contributed by atoms with van der Waals surface area (Å²) in [6.07, 6.45) is 0.141. The van der Waals surface area contributed by atoms with Gasteiger partial charge in [-0.15, -0.1) is 0 Å². The molecule has 0 aromatic heterocycles. The molecule has 1 aromatic carbocycles. The van der Waals surface area contributed by atoms with Crippen LogP contribution in [-0.2, 0) is 18.8 Å². The molecule has 1 aromatic rings. The minimum absolute atomic E-state index is 0.141. The van der Waals surface area contributed by atoms with Gasteiger partial charge in [-0.25, -0.2) is 0 Å². The van der Waals surface area contributed by atoms with E-state index >= 15 is 0 Å². The SMILES string of the molecule is CCOC(=O)CC(B1OC(C)(C)C(C)(C)O1)c1ccc(O)c(Br)c1. The number of phenols is 1. The number of hydrogen-bond donors (Lipinski definition) is 1. The Morgan fingerprint density at radius 2 is 1.88 bits per heavy atom. The Balaban J connectivity index is 2.33. The predicted molar refractivity (Wildman–Crippen MR) is 95.9 cm³/mol. The number of rotatable bonds is 5. The van der Waals surface area contributed by atoms with Gasteiger partial charge >= 0.3 is 13.1 Å². The molecule has 1 N–H and O–H groups in total. The van der Waals surface area contributed by atoms with Crippen molar-refractivity contribution in [3.8, 4) is 5.75 Å². The van der Waals surface area contributed by atoms with Crippen LogP contribution in [0.1, 0.15) is 52.4 Å². The van der Waals surface area contributed by atoms with Crippen LogP contribution in [0.3, 0.4) is 0 Å². The zero-order valence-corrected chi connectivity index (χ0v) is 16.3. The molecule has 0 spiro atoms. The van der Waals surface area contributed by atoms with E-state index < -0.39 is 18.3 Å². The molecule has 2 rings (SSSR count). The molecule has 0 radical (unpaired) electrons.